The average molecular weight is 263 g/mol. The average Bonchev–Trinajstić information content (AvgIpc) is 2.49. The molecule has 0 saturated carbocycles. The molecule has 0 aliphatic rings. The van der Waals surface area contributed by atoms with Gasteiger partial charge < -0.3 is 10.4 Å². The smallest absolute Gasteiger partial charge is 0.255 e. The minimum absolute atomic E-state index is 0.0629. The van der Waals surface area contributed by atoms with Crippen molar-refractivity contribution in [3.05, 3.63) is 72.3 Å². The first-order valence-corrected chi connectivity index (χ1v) is 6.32. The molecular weight excluding hydrogens is 250 g/mol. The summed E-state index contributed by atoms with van der Waals surface area (Å²) >= 11 is 0. The number of carbonyl (C=O) groups excluding carboxylic acids is 1. The zero-order valence-electron chi connectivity index (χ0n) is 10.7. The van der Waals surface area contributed by atoms with Gasteiger partial charge in [-0.05, 0) is 35.0 Å². The second kappa shape index (κ2) is 5.05. The Hall–Kier alpha value is -2.81. The maximum atomic E-state index is 12.1. The van der Waals surface area contributed by atoms with Crippen molar-refractivity contribution in [1.82, 2.24) is 0 Å². The highest BCUT2D eigenvalue weighted by Crippen LogP contribution is 2.29. The zero-order chi connectivity index (χ0) is 13.9. The Labute approximate surface area is 116 Å². The molecule has 0 spiro atoms. The normalized spacial score (nSPS) is 10.4. The molecule has 0 heterocycles. The van der Waals surface area contributed by atoms with E-state index in [1.54, 1.807) is 36.4 Å². The summed E-state index contributed by atoms with van der Waals surface area (Å²) in [5.74, 6) is -0.177. The lowest BCUT2D eigenvalue weighted by atomic mass is 10.1. The van der Waals surface area contributed by atoms with E-state index in [1.165, 1.54) is 0 Å². The molecule has 0 radical (unpaired) electrons. The van der Waals surface area contributed by atoms with Crippen molar-refractivity contribution < 1.29 is 9.90 Å². The van der Waals surface area contributed by atoms with E-state index in [1.807, 2.05) is 30.3 Å². The summed E-state index contributed by atoms with van der Waals surface area (Å²) in [5, 5.41) is 14.6. The summed E-state index contributed by atoms with van der Waals surface area (Å²) < 4.78 is 0. The number of hydrogen-bond donors (Lipinski definition) is 2. The Morgan fingerprint density at radius 1 is 0.850 bits per heavy atom. The van der Waals surface area contributed by atoms with E-state index < -0.39 is 0 Å². The number of aromatic hydroxyl groups is 1. The van der Waals surface area contributed by atoms with Gasteiger partial charge in [0, 0.05) is 5.56 Å². The summed E-state index contributed by atoms with van der Waals surface area (Å²) in [5.41, 5.74) is 0.970. The highest BCUT2D eigenvalue weighted by Gasteiger charge is 2.09. The third-order valence-corrected chi connectivity index (χ3v) is 3.15. The summed E-state index contributed by atoms with van der Waals surface area (Å²) in [7, 11) is 0. The van der Waals surface area contributed by atoms with Crippen LogP contribution in [0.15, 0.2) is 66.7 Å². The van der Waals surface area contributed by atoms with E-state index in [-0.39, 0.29) is 11.7 Å². The number of rotatable bonds is 2. The molecule has 3 rings (SSSR count). The fraction of sp³-hybridized carbons (Fsp3) is 0. The van der Waals surface area contributed by atoms with Crippen LogP contribution in [-0.4, -0.2) is 11.0 Å². The first-order valence-electron chi connectivity index (χ1n) is 6.32. The van der Waals surface area contributed by atoms with E-state index in [0.717, 1.165) is 10.8 Å². The fourth-order valence-corrected chi connectivity index (χ4v) is 2.11. The number of nitrogens with one attached hydrogen (secondary N) is 1. The topological polar surface area (TPSA) is 49.3 Å². The molecule has 3 heteroatoms. The van der Waals surface area contributed by atoms with E-state index in [9.17, 15) is 9.90 Å². The maximum absolute atomic E-state index is 12.1. The molecule has 0 fully saturated rings. The minimum Gasteiger partial charge on any atom is -0.506 e. The van der Waals surface area contributed by atoms with Crippen molar-refractivity contribution in [2.45, 2.75) is 0 Å². The standard InChI is InChI=1S/C17H13NO2/c19-16-11-14-9-5-4-8-13(14)10-15(16)18-17(20)12-6-2-1-3-7-12/h1-11,19H,(H,18,20). The predicted molar refractivity (Wildman–Crippen MR) is 80.0 cm³/mol. The number of amides is 1. The van der Waals surface area contributed by atoms with Gasteiger partial charge >= 0.3 is 0 Å². The SMILES string of the molecule is O=C(Nc1cc2ccccc2cc1O)c1ccccc1. The van der Waals surface area contributed by atoms with Crippen LogP contribution in [0.25, 0.3) is 10.8 Å². The molecule has 98 valence electrons. The van der Waals surface area contributed by atoms with Gasteiger partial charge in [0.25, 0.3) is 5.91 Å². The number of fused-ring (bicyclic) bond motifs is 1. The summed E-state index contributed by atoms with van der Waals surface area (Å²) in [6, 6.07) is 20.0. The van der Waals surface area contributed by atoms with E-state index >= 15 is 0 Å². The Bertz CT molecular complexity index is 766. The molecule has 0 bridgehead atoms. The Morgan fingerprint density at radius 2 is 1.45 bits per heavy atom. The van der Waals surface area contributed by atoms with Crippen molar-refractivity contribution >= 4 is 22.4 Å². The largest absolute Gasteiger partial charge is 0.506 e. The molecule has 0 aliphatic carbocycles. The van der Waals surface area contributed by atoms with E-state index in [4.69, 9.17) is 0 Å². The Kier molecular flexibility index (Phi) is 3.09. The van der Waals surface area contributed by atoms with Crippen LogP contribution in [-0.2, 0) is 0 Å². The van der Waals surface area contributed by atoms with Crippen LogP contribution in [0.5, 0.6) is 5.75 Å². The van der Waals surface area contributed by atoms with Gasteiger partial charge in [-0.3, -0.25) is 4.79 Å². The molecule has 0 aliphatic heterocycles. The first-order chi connectivity index (χ1) is 9.74. The van der Waals surface area contributed by atoms with Gasteiger partial charge in [-0.1, -0.05) is 42.5 Å². The van der Waals surface area contributed by atoms with Gasteiger partial charge in [0.2, 0.25) is 0 Å². The monoisotopic (exact) mass is 263 g/mol. The van der Waals surface area contributed by atoms with Crippen LogP contribution in [0.4, 0.5) is 5.69 Å². The van der Waals surface area contributed by atoms with Gasteiger partial charge in [-0.2, -0.15) is 0 Å². The van der Waals surface area contributed by atoms with Crippen molar-refractivity contribution in [2.75, 3.05) is 5.32 Å². The molecule has 3 aromatic rings. The second-order valence-electron chi connectivity index (χ2n) is 4.54. The van der Waals surface area contributed by atoms with E-state index in [2.05, 4.69) is 5.32 Å². The number of benzene rings is 3. The van der Waals surface area contributed by atoms with Gasteiger partial charge in [0.15, 0.2) is 0 Å². The second-order valence-corrected chi connectivity index (χ2v) is 4.54. The number of phenols is 1. The first kappa shape index (κ1) is 12.2. The zero-order valence-corrected chi connectivity index (χ0v) is 10.7. The van der Waals surface area contributed by atoms with Gasteiger partial charge in [-0.15, -0.1) is 0 Å². The van der Waals surface area contributed by atoms with Crippen LogP contribution in [0.1, 0.15) is 10.4 Å². The minimum atomic E-state index is -0.240. The molecule has 0 saturated heterocycles. The molecule has 0 unspecified atom stereocenters. The van der Waals surface area contributed by atoms with Crippen molar-refractivity contribution in [3.8, 4) is 5.75 Å². The molecule has 3 aromatic carbocycles. The van der Waals surface area contributed by atoms with Crippen molar-refractivity contribution in [1.29, 1.82) is 0 Å². The molecule has 20 heavy (non-hydrogen) atoms. The molecule has 2 N–H and O–H groups in total. The maximum Gasteiger partial charge on any atom is 0.255 e. The lowest BCUT2D eigenvalue weighted by Gasteiger charge is -2.09. The van der Waals surface area contributed by atoms with Crippen LogP contribution in [0, 0.1) is 0 Å². The predicted octanol–water partition coefficient (Wildman–Crippen LogP) is 3.80. The van der Waals surface area contributed by atoms with E-state index in [0.29, 0.717) is 11.3 Å². The number of hydrogen-bond acceptors (Lipinski definition) is 2. The Morgan fingerprint density at radius 3 is 2.15 bits per heavy atom. The third kappa shape index (κ3) is 2.34. The van der Waals surface area contributed by atoms with Gasteiger partial charge in [-0.25, -0.2) is 0 Å². The van der Waals surface area contributed by atoms with Crippen LogP contribution in [0.2, 0.25) is 0 Å². The number of phenolic OH excluding ortho intramolecular Hbond substituents is 1. The quantitative estimate of drug-likeness (QED) is 0.691. The number of carbonyl (C=O) groups is 1. The summed E-state index contributed by atoms with van der Waals surface area (Å²) in [6.07, 6.45) is 0. The lowest BCUT2D eigenvalue weighted by molar-refractivity contribution is 0.102. The molecule has 0 aromatic heterocycles. The Balaban J connectivity index is 1.95. The van der Waals surface area contributed by atoms with Gasteiger partial charge in [0.1, 0.15) is 5.75 Å². The molecule has 3 nitrogen and oxygen atoms in total. The highest BCUT2D eigenvalue weighted by atomic mass is 16.3. The number of anilines is 1. The molecular formula is C17H13NO2. The fourth-order valence-electron chi connectivity index (χ4n) is 2.11. The lowest BCUT2D eigenvalue weighted by Crippen LogP contribution is -2.11. The van der Waals surface area contributed by atoms with Crippen LogP contribution < -0.4 is 5.32 Å². The summed E-state index contributed by atoms with van der Waals surface area (Å²) in [6.45, 7) is 0. The summed E-state index contributed by atoms with van der Waals surface area (Å²) in [4.78, 5) is 12.1. The molecule has 0 atom stereocenters. The van der Waals surface area contributed by atoms with Gasteiger partial charge in [0.05, 0.1) is 5.69 Å². The van der Waals surface area contributed by atoms with Crippen LogP contribution in [0.3, 0.4) is 0 Å². The molecule has 1 amide bonds. The van der Waals surface area contributed by atoms with Crippen LogP contribution >= 0.6 is 0 Å². The third-order valence-electron chi connectivity index (χ3n) is 3.15. The highest BCUT2D eigenvalue weighted by molar-refractivity contribution is 6.06. The van der Waals surface area contributed by atoms with Crippen molar-refractivity contribution in [3.63, 3.8) is 0 Å². The van der Waals surface area contributed by atoms with Crippen molar-refractivity contribution in [2.24, 2.45) is 0 Å².